The molecule has 8 heteroatoms. The third kappa shape index (κ3) is 3.74. The van der Waals surface area contributed by atoms with E-state index < -0.39 is 15.8 Å². The van der Waals surface area contributed by atoms with E-state index in [0.717, 1.165) is 5.69 Å². The van der Waals surface area contributed by atoms with Gasteiger partial charge in [0.05, 0.1) is 5.69 Å². The SMILES string of the molecule is CNCc1cc(S(=O)(=O)Nc2ccc(F)cc2I)cn1C. The molecule has 1 aromatic carbocycles. The van der Waals surface area contributed by atoms with Gasteiger partial charge in [0.2, 0.25) is 0 Å². The van der Waals surface area contributed by atoms with Gasteiger partial charge < -0.3 is 9.88 Å². The summed E-state index contributed by atoms with van der Waals surface area (Å²) in [5.74, 6) is -0.404. The number of hydrogen-bond acceptors (Lipinski definition) is 3. The average molecular weight is 423 g/mol. The zero-order chi connectivity index (χ0) is 15.6. The van der Waals surface area contributed by atoms with Gasteiger partial charge in [0.1, 0.15) is 10.7 Å². The molecule has 0 radical (unpaired) electrons. The van der Waals surface area contributed by atoms with Gasteiger partial charge in [-0.05, 0) is 53.9 Å². The summed E-state index contributed by atoms with van der Waals surface area (Å²) < 4.78 is 42.5. The number of sulfonamides is 1. The first-order valence-electron chi connectivity index (χ1n) is 6.11. The second-order valence-corrected chi connectivity index (χ2v) is 7.38. The van der Waals surface area contributed by atoms with Crippen LogP contribution in [-0.4, -0.2) is 20.0 Å². The Kier molecular flexibility index (Phi) is 4.89. The Hall–Kier alpha value is -1.13. The minimum atomic E-state index is -3.69. The van der Waals surface area contributed by atoms with E-state index in [4.69, 9.17) is 0 Å². The number of rotatable bonds is 5. The second-order valence-electron chi connectivity index (χ2n) is 4.54. The van der Waals surface area contributed by atoms with Crippen LogP contribution < -0.4 is 10.0 Å². The van der Waals surface area contributed by atoms with Gasteiger partial charge in [-0.2, -0.15) is 0 Å². The van der Waals surface area contributed by atoms with Crippen molar-refractivity contribution in [2.75, 3.05) is 11.8 Å². The maximum absolute atomic E-state index is 13.1. The normalized spacial score (nSPS) is 11.6. The number of nitrogens with one attached hydrogen (secondary N) is 2. The Morgan fingerprint density at radius 1 is 1.33 bits per heavy atom. The summed E-state index contributed by atoms with van der Waals surface area (Å²) in [5.41, 5.74) is 1.21. The summed E-state index contributed by atoms with van der Waals surface area (Å²) >= 11 is 1.89. The first-order chi connectivity index (χ1) is 9.83. The minimum absolute atomic E-state index is 0.176. The number of nitrogens with zero attached hydrogens (tertiary/aromatic N) is 1. The van der Waals surface area contributed by atoms with E-state index in [1.54, 1.807) is 30.9 Å². The Balaban J connectivity index is 2.32. The number of hydrogen-bond donors (Lipinski definition) is 2. The third-order valence-corrected chi connectivity index (χ3v) is 5.15. The highest BCUT2D eigenvalue weighted by atomic mass is 127. The minimum Gasteiger partial charge on any atom is -0.352 e. The van der Waals surface area contributed by atoms with E-state index in [0.29, 0.717) is 15.8 Å². The lowest BCUT2D eigenvalue weighted by Gasteiger charge is -2.08. The van der Waals surface area contributed by atoms with Gasteiger partial charge >= 0.3 is 0 Å². The second kappa shape index (κ2) is 6.32. The van der Waals surface area contributed by atoms with Crippen LogP contribution in [0.5, 0.6) is 0 Å². The number of benzene rings is 1. The van der Waals surface area contributed by atoms with Gasteiger partial charge in [0.25, 0.3) is 10.0 Å². The lowest BCUT2D eigenvalue weighted by atomic mass is 10.3. The highest BCUT2D eigenvalue weighted by Gasteiger charge is 2.18. The predicted molar refractivity (Wildman–Crippen MR) is 88.1 cm³/mol. The van der Waals surface area contributed by atoms with Gasteiger partial charge in [0, 0.05) is 29.1 Å². The maximum Gasteiger partial charge on any atom is 0.263 e. The monoisotopic (exact) mass is 423 g/mol. The highest BCUT2D eigenvalue weighted by molar-refractivity contribution is 14.1. The van der Waals surface area contributed by atoms with Crippen LogP contribution in [0.25, 0.3) is 0 Å². The van der Waals surface area contributed by atoms with E-state index in [9.17, 15) is 12.8 Å². The van der Waals surface area contributed by atoms with Crippen LogP contribution in [0.15, 0.2) is 35.4 Å². The Bertz CT molecular complexity index is 759. The predicted octanol–water partition coefficient (Wildman–Crippen LogP) is 2.29. The molecule has 2 aromatic rings. The lowest BCUT2D eigenvalue weighted by molar-refractivity contribution is 0.600. The molecular weight excluding hydrogens is 408 g/mol. The molecule has 2 rings (SSSR count). The number of aryl methyl sites for hydroxylation is 1. The van der Waals surface area contributed by atoms with Gasteiger partial charge in [-0.15, -0.1) is 0 Å². The smallest absolute Gasteiger partial charge is 0.263 e. The van der Waals surface area contributed by atoms with Crippen molar-refractivity contribution in [1.29, 1.82) is 0 Å². The summed E-state index contributed by atoms with van der Waals surface area (Å²) in [4.78, 5) is 0.176. The molecule has 1 aromatic heterocycles. The van der Waals surface area contributed by atoms with E-state index in [1.165, 1.54) is 18.2 Å². The van der Waals surface area contributed by atoms with Crippen molar-refractivity contribution in [3.8, 4) is 0 Å². The molecule has 0 fully saturated rings. The molecule has 0 aliphatic rings. The van der Waals surface area contributed by atoms with E-state index in [-0.39, 0.29) is 4.90 Å². The zero-order valence-electron chi connectivity index (χ0n) is 11.5. The quantitative estimate of drug-likeness (QED) is 0.726. The van der Waals surface area contributed by atoms with Crippen LogP contribution >= 0.6 is 22.6 Å². The average Bonchev–Trinajstić information content (AvgIpc) is 2.76. The Labute approximate surface area is 136 Å². The molecule has 21 heavy (non-hydrogen) atoms. The molecular formula is C13H15FIN3O2S. The number of aromatic nitrogens is 1. The largest absolute Gasteiger partial charge is 0.352 e. The Morgan fingerprint density at radius 3 is 2.67 bits per heavy atom. The van der Waals surface area contributed by atoms with Crippen LogP contribution in [0.4, 0.5) is 10.1 Å². The van der Waals surface area contributed by atoms with Crippen LogP contribution in [0.1, 0.15) is 5.69 Å². The van der Waals surface area contributed by atoms with Crippen molar-refractivity contribution in [3.05, 3.63) is 45.5 Å². The molecule has 1 heterocycles. The molecule has 0 saturated carbocycles. The Morgan fingerprint density at radius 2 is 2.05 bits per heavy atom. The number of halogens is 2. The molecule has 0 atom stereocenters. The molecule has 0 saturated heterocycles. The van der Waals surface area contributed by atoms with E-state index >= 15 is 0 Å². The summed E-state index contributed by atoms with van der Waals surface area (Å²) in [6, 6.07) is 5.51. The summed E-state index contributed by atoms with van der Waals surface area (Å²) in [6.07, 6.45) is 1.55. The molecule has 0 spiro atoms. The van der Waals surface area contributed by atoms with Gasteiger partial charge in [-0.3, -0.25) is 4.72 Å². The first-order valence-corrected chi connectivity index (χ1v) is 8.67. The van der Waals surface area contributed by atoms with Crippen molar-refractivity contribution in [3.63, 3.8) is 0 Å². The first kappa shape index (κ1) is 16.2. The molecule has 0 aliphatic heterocycles. The van der Waals surface area contributed by atoms with Gasteiger partial charge in [-0.1, -0.05) is 0 Å². The van der Waals surface area contributed by atoms with Gasteiger partial charge in [0.15, 0.2) is 0 Å². The highest BCUT2D eigenvalue weighted by Crippen LogP contribution is 2.23. The summed E-state index contributed by atoms with van der Waals surface area (Å²) in [5, 5.41) is 2.98. The van der Waals surface area contributed by atoms with Crippen LogP contribution in [0, 0.1) is 9.39 Å². The molecule has 0 unspecified atom stereocenters. The maximum atomic E-state index is 13.1. The lowest BCUT2D eigenvalue weighted by Crippen LogP contribution is -2.13. The molecule has 0 amide bonds. The molecule has 114 valence electrons. The number of anilines is 1. The van der Waals surface area contributed by atoms with Crippen molar-refractivity contribution in [2.24, 2.45) is 7.05 Å². The fourth-order valence-electron chi connectivity index (χ4n) is 1.86. The van der Waals surface area contributed by atoms with Crippen LogP contribution in [0.3, 0.4) is 0 Å². The summed E-state index contributed by atoms with van der Waals surface area (Å²) in [7, 11) is -0.117. The van der Waals surface area contributed by atoms with Crippen molar-refractivity contribution in [2.45, 2.75) is 11.4 Å². The van der Waals surface area contributed by atoms with Crippen molar-refractivity contribution in [1.82, 2.24) is 9.88 Å². The van der Waals surface area contributed by atoms with E-state index in [1.807, 2.05) is 22.6 Å². The zero-order valence-corrected chi connectivity index (χ0v) is 14.5. The standard InChI is InChI=1S/C13H15FIN3O2S/c1-16-7-10-6-11(8-18(10)2)21(19,20)17-13-4-3-9(14)5-12(13)15/h3-6,8,16-17H,7H2,1-2H3. The summed E-state index contributed by atoms with van der Waals surface area (Å²) in [6.45, 7) is 0.570. The van der Waals surface area contributed by atoms with Crippen LogP contribution in [0.2, 0.25) is 0 Å². The molecule has 0 aliphatic carbocycles. The molecule has 5 nitrogen and oxygen atoms in total. The fourth-order valence-corrected chi connectivity index (χ4v) is 3.83. The van der Waals surface area contributed by atoms with Crippen molar-refractivity contribution < 1.29 is 12.8 Å². The molecule has 0 bridgehead atoms. The molecule has 2 N–H and O–H groups in total. The topological polar surface area (TPSA) is 63.1 Å². The van der Waals surface area contributed by atoms with Crippen LogP contribution in [-0.2, 0) is 23.6 Å². The third-order valence-electron chi connectivity index (χ3n) is 2.93. The van der Waals surface area contributed by atoms with Crippen molar-refractivity contribution >= 4 is 38.3 Å². The fraction of sp³-hybridized carbons (Fsp3) is 0.231. The van der Waals surface area contributed by atoms with Gasteiger partial charge in [-0.25, -0.2) is 12.8 Å². The van der Waals surface area contributed by atoms with E-state index in [2.05, 4.69) is 10.0 Å².